The van der Waals surface area contributed by atoms with Gasteiger partial charge in [-0.2, -0.15) is 0 Å². The van der Waals surface area contributed by atoms with Crippen molar-refractivity contribution in [2.24, 2.45) is 0 Å². The van der Waals surface area contributed by atoms with Crippen molar-refractivity contribution in [3.05, 3.63) is 63.9 Å². The summed E-state index contributed by atoms with van der Waals surface area (Å²) < 4.78 is 40.0. The fourth-order valence-electron chi connectivity index (χ4n) is 4.46. The molecule has 0 bridgehead atoms. The first kappa shape index (κ1) is 29.2. The molecule has 0 aliphatic heterocycles. The van der Waals surface area contributed by atoms with Crippen molar-refractivity contribution in [1.29, 1.82) is 0 Å². The van der Waals surface area contributed by atoms with E-state index in [-0.39, 0.29) is 49.5 Å². The fraction of sp³-hybridized carbons (Fsp3) is 0.462. The van der Waals surface area contributed by atoms with Gasteiger partial charge in [0, 0.05) is 41.2 Å². The van der Waals surface area contributed by atoms with Gasteiger partial charge in [0.25, 0.3) is 0 Å². The number of rotatable bonds is 11. The average molecular weight is 573 g/mol. The zero-order valence-corrected chi connectivity index (χ0v) is 23.3. The van der Waals surface area contributed by atoms with Crippen LogP contribution in [0, 0.1) is 5.82 Å². The highest BCUT2D eigenvalue weighted by Crippen LogP contribution is 2.28. The van der Waals surface area contributed by atoms with E-state index in [1.807, 2.05) is 0 Å². The Hall–Kier alpha value is -2.36. The highest BCUT2D eigenvalue weighted by molar-refractivity contribution is 7.92. The third-order valence-electron chi connectivity index (χ3n) is 6.53. The Morgan fingerprint density at radius 1 is 1.08 bits per heavy atom. The normalized spacial score (nSPS) is 14.8. The summed E-state index contributed by atoms with van der Waals surface area (Å²) in [7, 11) is -3.79. The Morgan fingerprint density at radius 3 is 2.30 bits per heavy atom. The summed E-state index contributed by atoms with van der Waals surface area (Å²) in [4.78, 5) is 27.9. The molecule has 1 fully saturated rings. The first-order valence-corrected chi connectivity index (χ1v) is 14.8. The number of halogens is 3. The van der Waals surface area contributed by atoms with Crippen LogP contribution in [0.3, 0.4) is 0 Å². The van der Waals surface area contributed by atoms with Crippen molar-refractivity contribution < 1.29 is 22.4 Å². The lowest BCUT2D eigenvalue weighted by molar-refractivity contribution is -0.140. The van der Waals surface area contributed by atoms with Crippen LogP contribution in [-0.4, -0.2) is 50.0 Å². The first-order valence-electron chi connectivity index (χ1n) is 12.2. The molecule has 2 aromatic rings. The molecular weight excluding hydrogens is 540 g/mol. The van der Waals surface area contributed by atoms with Gasteiger partial charge in [0.15, 0.2) is 0 Å². The van der Waals surface area contributed by atoms with Crippen molar-refractivity contribution >= 4 is 50.7 Å². The molecule has 1 aliphatic carbocycles. The second kappa shape index (κ2) is 12.9. The van der Waals surface area contributed by atoms with E-state index in [0.29, 0.717) is 15.6 Å². The maximum absolute atomic E-state index is 14.3. The first-order chi connectivity index (χ1) is 17.5. The van der Waals surface area contributed by atoms with Gasteiger partial charge in [-0.3, -0.25) is 13.9 Å². The molecule has 0 heterocycles. The van der Waals surface area contributed by atoms with E-state index < -0.39 is 21.9 Å². The monoisotopic (exact) mass is 571 g/mol. The third kappa shape index (κ3) is 7.82. The van der Waals surface area contributed by atoms with E-state index in [1.165, 1.54) is 23.1 Å². The maximum atomic E-state index is 14.3. The van der Waals surface area contributed by atoms with E-state index in [2.05, 4.69) is 5.32 Å². The van der Waals surface area contributed by atoms with Crippen LogP contribution in [0.1, 0.15) is 51.0 Å². The predicted molar refractivity (Wildman–Crippen MR) is 145 cm³/mol. The topological polar surface area (TPSA) is 86.8 Å². The van der Waals surface area contributed by atoms with Crippen molar-refractivity contribution in [1.82, 2.24) is 10.2 Å². The second-order valence-corrected chi connectivity index (χ2v) is 12.0. The minimum absolute atomic E-state index is 0.0136. The number of nitrogens with one attached hydrogen (secondary N) is 1. The molecule has 1 aliphatic rings. The molecule has 202 valence electrons. The lowest BCUT2D eigenvalue weighted by atomic mass is 10.1. The summed E-state index contributed by atoms with van der Waals surface area (Å²) in [5.41, 5.74) is 0.435. The number of para-hydroxylation sites is 1. The van der Waals surface area contributed by atoms with Gasteiger partial charge in [-0.25, -0.2) is 12.8 Å². The van der Waals surface area contributed by atoms with E-state index in [1.54, 1.807) is 31.2 Å². The predicted octanol–water partition coefficient (Wildman–Crippen LogP) is 5.15. The Bertz CT molecular complexity index is 1200. The van der Waals surface area contributed by atoms with Gasteiger partial charge in [0.05, 0.1) is 11.9 Å². The molecule has 2 aromatic carbocycles. The van der Waals surface area contributed by atoms with E-state index in [0.717, 1.165) is 36.2 Å². The molecule has 37 heavy (non-hydrogen) atoms. The molecule has 2 amide bonds. The van der Waals surface area contributed by atoms with Crippen LogP contribution in [0.15, 0.2) is 42.5 Å². The van der Waals surface area contributed by atoms with Crippen LogP contribution in [0.4, 0.5) is 10.1 Å². The van der Waals surface area contributed by atoms with Gasteiger partial charge in [-0.05, 0) is 50.5 Å². The van der Waals surface area contributed by atoms with Gasteiger partial charge in [-0.1, -0.05) is 54.2 Å². The highest BCUT2D eigenvalue weighted by Gasteiger charge is 2.30. The number of hydrogen-bond acceptors (Lipinski definition) is 4. The fourth-order valence-corrected chi connectivity index (χ4v) is 5.95. The Balaban J connectivity index is 1.77. The summed E-state index contributed by atoms with van der Waals surface area (Å²) in [6, 6.07) is 9.86. The van der Waals surface area contributed by atoms with Crippen LogP contribution in [0.2, 0.25) is 10.0 Å². The number of sulfonamides is 1. The van der Waals surface area contributed by atoms with E-state index >= 15 is 0 Å². The number of amides is 2. The van der Waals surface area contributed by atoms with Gasteiger partial charge in [-0.15, -0.1) is 0 Å². The third-order valence-corrected chi connectivity index (χ3v) is 8.42. The quantitative estimate of drug-likeness (QED) is 0.404. The van der Waals surface area contributed by atoms with E-state index in [4.69, 9.17) is 23.2 Å². The van der Waals surface area contributed by atoms with Crippen LogP contribution < -0.4 is 9.62 Å². The number of carbonyl (C=O) groups excluding carboxylic acids is 2. The molecule has 0 radical (unpaired) electrons. The molecule has 1 atom stereocenters. The molecule has 0 unspecified atom stereocenters. The smallest absolute Gasteiger partial charge is 0.242 e. The molecule has 0 saturated heterocycles. The minimum Gasteiger partial charge on any atom is -0.352 e. The number of carbonyl (C=O) groups is 2. The zero-order chi connectivity index (χ0) is 27.2. The van der Waals surface area contributed by atoms with Crippen LogP contribution in [0.25, 0.3) is 0 Å². The molecule has 1 N–H and O–H groups in total. The van der Waals surface area contributed by atoms with Gasteiger partial charge >= 0.3 is 0 Å². The molecule has 3 rings (SSSR count). The Kier molecular flexibility index (Phi) is 10.2. The number of hydrogen-bond donors (Lipinski definition) is 1. The lowest BCUT2D eigenvalue weighted by Crippen LogP contribution is -2.49. The van der Waals surface area contributed by atoms with Gasteiger partial charge in [0.1, 0.15) is 11.9 Å². The number of anilines is 1. The molecular formula is C26H32Cl2FN3O4S. The van der Waals surface area contributed by atoms with Crippen molar-refractivity contribution in [3.63, 3.8) is 0 Å². The summed E-state index contributed by atoms with van der Waals surface area (Å²) in [5.74, 6) is -1.31. The Labute approximate surface area is 228 Å². The van der Waals surface area contributed by atoms with Crippen molar-refractivity contribution in [2.45, 2.75) is 64.1 Å². The molecule has 0 aromatic heterocycles. The molecule has 1 saturated carbocycles. The summed E-state index contributed by atoms with van der Waals surface area (Å²) >= 11 is 12.7. The minimum atomic E-state index is -3.79. The number of nitrogens with zero attached hydrogens (tertiary/aromatic N) is 2. The van der Waals surface area contributed by atoms with Crippen molar-refractivity contribution in [3.8, 4) is 0 Å². The molecule has 11 heteroatoms. The zero-order valence-electron chi connectivity index (χ0n) is 20.9. The summed E-state index contributed by atoms with van der Waals surface area (Å²) in [6.45, 7) is 1.56. The highest BCUT2D eigenvalue weighted by atomic mass is 35.5. The SMILES string of the molecule is C[C@@H](C(=O)NC1CCCC1)N(Cc1c(Cl)cccc1Cl)C(=O)CCCN(c1ccccc1F)S(C)(=O)=O. The molecule has 0 spiro atoms. The lowest BCUT2D eigenvalue weighted by Gasteiger charge is -2.30. The van der Waals surface area contributed by atoms with Gasteiger partial charge < -0.3 is 10.2 Å². The van der Waals surface area contributed by atoms with Crippen LogP contribution >= 0.6 is 23.2 Å². The summed E-state index contributed by atoms with van der Waals surface area (Å²) in [5, 5.41) is 3.77. The van der Waals surface area contributed by atoms with Crippen LogP contribution in [0.5, 0.6) is 0 Å². The number of benzene rings is 2. The second-order valence-electron chi connectivity index (χ2n) is 9.28. The maximum Gasteiger partial charge on any atom is 0.242 e. The largest absolute Gasteiger partial charge is 0.352 e. The van der Waals surface area contributed by atoms with E-state index in [9.17, 15) is 22.4 Å². The van der Waals surface area contributed by atoms with Crippen molar-refractivity contribution in [2.75, 3.05) is 17.1 Å². The average Bonchev–Trinajstić information content (AvgIpc) is 3.34. The standard InChI is InChI=1S/C26H32Cl2FN3O4S/c1-18(26(34)30-19-9-3-4-10-19)31(17-20-21(27)11-7-12-22(20)28)25(33)15-8-16-32(37(2,35)36)24-14-6-5-13-23(24)29/h5-7,11-14,18-19H,3-4,8-10,15-17H2,1-2H3,(H,30,34)/t18-/m0/s1. The summed E-state index contributed by atoms with van der Waals surface area (Å²) in [6.07, 6.45) is 4.95. The molecule has 7 nitrogen and oxygen atoms in total. The van der Waals surface area contributed by atoms with Gasteiger partial charge in [0.2, 0.25) is 21.8 Å². The van der Waals surface area contributed by atoms with Crippen LogP contribution in [-0.2, 0) is 26.2 Å². The Morgan fingerprint density at radius 2 is 1.70 bits per heavy atom.